The molecule has 0 saturated heterocycles. The number of benzene rings is 1. The van der Waals surface area contributed by atoms with Crippen molar-refractivity contribution in [3.05, 3.63) is 42.0 Å². The Bertz CT molecular complexity index is 510. The van der Waals surface area contributed by atoms with Crippen molar-refractivity contribution in [1.82, 2.24) is 20.1 Å². The van der Waals surface area contributed by atoms with E-state index in [1.54, 1.807) is 13.4 Å². The van der Waals surface area contributed by atoms with Gasteiger partial charge in [0.05, 0.1) is 20.2 Å². The molecule has 0 radical (unpaired) electrons. The second kappa shape index (κ2) is 6.89. The summed E-state index contributed by atoms with van der Waals surface area (Å²) in [5.41, 5.74) is 1.10. The second-order valence-corrected chi connectivity index (χ2v) is 4.32. The van der Waals surface area contributed by atoms with Crippen LogP contribution >= 0.6 is 0 Å². The number of ether oxygens (including phenoxy) is 1. The first-order chi connectivity index (χ1) is 9.35. The first-order valence-corrected chi connectivity index (χ1v) is 6.54. The molecule has 0 aliphatic heterocycles. The Balaban J connectivity index is 2.08. The fourth-order valence-electron chi connectivity index (χ4n) is 1.93. The molecular formula is C14H20N4O. The third-order valence-corrected chi connectivity index (χ3v) is 2.92. The van der Waals surface area contributed by atoms with Gasteiger partial charge in [0, 0.05) is 5.56 Å². The predicted molar refractivity (Wildman–Crippen MR) is 74.1 cm³/mol. The predicted octanol–water partition coefficient (Wildman–Crippen LogP) is 1.83. The highest BCUT2D eigenvalue weighted by Gasteiger charge is 2.07. The van der Waals surface area contributed by atoms with E-state index in [0.717, 1.165) is 36.6 Å². The number of nitrogens with one attached hydrogen (secondary N) is 1. The summed E-state index contributed by atoms with van der Waals surface area (Å²) in [6, 6.07) is 7.97. The van der Waals surface area contributed by atoms with E-state index in [0.29, 0.717) is 6.54 Å². The zero-order valence-corrected chi connectivity index (χ0v) is 11.5. The largest absolute Gasteiger partial charge is 0.496 e. The van der Waals surface area contributed by atoms with Crippen LogP contribution in [-0.4, -0.2) is 28.4 Å². The van der Waals surface area contributed by atoms with Gasteiger partial charge in [-0.15, -0.1) is 0 Å². The minimum atomic E-state index is 0.674. The van der Waals surface area contributed by atoms with E-state index >= 15 is 0 Å². The molecule has 0 bridgehead atoms. The van der Waals surface area contributed by atoms with Crippen molar-refractivity contribution in [3.8, 4) is 5.75 Å². The fourth-order valence-corrected chi connectivity index (χ4v) is 1.93. The van der Waals surface area contributed by atoms with E-state index in [2.05, 4.69) is 22.3 Å². The first-order valence-electron chi connectivity index (χ1n) is 6.54. The number of para-hydroxylation sites is 1. The fraction of sp³-hybridized carbons (Fsp3) is 0.429. The molecule has 5 heteroatoms. The summed E-state index contributed by atoms with van der Waals surface area (Å²) in [7, 11) is 1.68. The number of rotatable bonds is 7. The van der Waals surface area contributed by atoms with Crippen molar-refractivity contribution in [2.24, 2.45) is 0 Å². The van der Waals surface area contributed by atoms with E-state index in [1.165, 1.54) is 0 Å². The molecular weight excluding hydrogens is 240 g/mol. The van der Waals surface area contributed by atoms with Gasteiger partial charge in [-0.3, -0.25) is 0 Å². The summed E-state index contributed by atoms with van der Waals surface area (Å²) < 4.78 is 7.26. The average Bonchev–Trinajstić information content (AvgIpc) is 2.87. The zero-order chi connectivity index (χ0) is 13.5. The number of hydrogen-bond donors (Lipinski definition) is 1. The van der Waals surface area contributed by atoms with Crippen molar-refractivity contribution in [2.75, 3.05) is 13.7 Å². The van der Waals surface area contributed by atoms with Crippen LogP contribution in [0.15, 0.2) is 30.6 Å². The Morgan fingerprint density at radius 3 is 2.95 bits per heavy atom. The van der Waals surface area contributed by atoms with Gasteiger partial charge in [0.15, 0.2) is 0 Å². The summed E-state index contributed by atoms with van der Waals surface area (Å²) in [4.78, 5) is 4.29. The molecule has 5 nitrogen and oxygen atoms in total. The van der Waals surface area contributed by atoms with Crippen molar-refractivity contribution >= 4 is 0 Å². The van der Waals surface area contributed by atoms with Crippen LogP contribution in [0.25, 0.3) is 0 Å². The van der Waals surface area contributed by atoms with E-state index in [9.17, 15) is 0 Å². The van der Waals surface area contributed by atoms with Gasteiger partial charge in [-0.1, -0.05) is 25.1 Å². The minimum absolute atomic E-state index is 0.674. The Labute approximate surface area is 113 Å². The van der Waals surface area contributed by atoms with Gasteiger partial charge >= 0.3 is 0 Å². The van der Waals surface area contributed by atoms with Crippen LogP contribution in [0.4, 0.5) is 0 Å². The lowest BCUT2D eigenvalue weighted by Gasteiger charge is -2.10. The van der Waals surface area contributed by atoms with Crippen LogP contribution in [0.3, 0.4) is 0 Å². The molecule has 0 aliphatic rings. The average molecular weight is 260 g/mol. The molecule has 0 unspecified atom stereocenters. The Hall–Kier alpha value is -1.88. The maximum Gasteiger partial charge on any atom is 0.141 e. The van der Waals surface area contributed by atoms with Crippen LogP contribution in [-0.2, 0) is 13.1 Å². The molecule has 1 heterocycles. The molecule has 0 spiro atoms. The lowest BCUT2D eigenvalue weighted by molar-refractivity contribution is 0.406. The molecule has 2 aromatic rings. The smallest absolute Gasteiger partial charge is 0.141 e. The van der Waals surface area contributed by atoms with Crippen LogP contribution in [0.1, 0.15) is 24.7 Å². The Kier molecular flexibility index (Phi) is 4.92. The first kappa shape index (κ1) is 13.5. The summed E-state index contributed by atoms with van der Waals surface area (Å²) in [6.45, 7) is 4.55. The highest BCUT2D eigenvalue weighted by molar-refractivity contribution is 5.33. The number of nitrogens with zero attached hydrogens (tertiary/aromatic N) is 3. The van der Waals surface area contributed by atoms with E-state index in [-0.39, 0.29) is 0 Å². The normalized spacial score (nSPS) is 10.6. The summed E-state index contributed by atoms with van der Waals surface area (Å²) in [5.74, 6) is 1.82. The highest BCUT2D eigenvalue weighted by Crippen LogP contribution is 2.18. The maximum atomic E-state index is 5.36. The van der Waals surface area contributed by atoms with Crippen LogP contribution in [0, 0.1) is 0 Å². The third kappa shape index (κ3) is 3.54. The molecule has 0 amide bonds. The SMILES string of the molecule is CCCNCc1ncnn1Cc1ccccc1OC. The molecule has 1 aromatic carbocycles. The van der Waals surface area contributed by atoms with Crippen molar-refractivity contribution in [1.29, 1.82) is 0 Å². The van der Waals surface area contributed by atoms with Gasteiger partial charge in [-0.05, 0) is 19.0 Å². The highest BCUT2D eigenvalue weighted by atomic mass is 16.5. The van der Waals surface area contributed by atoms with E-state index < -0.39 is 0 Å². The summed E-state index contributed by atoms with van der Waals surface area (Å²) in [5, 5.41) is 7.61. The Morgan fingerprint density at radius 2 is 2.16 bits per heavy atom. The molecule has 1 aromatic heterocycles. The van der Waals surface area contributed by atoms with Crippen molar-refractivity contribution in [3.63, 3.8) is 0 Å². The van der Waals surface area contributed by atoms with E-state index in [4.69, 9.17) is 4.74 Å². The summed E-state index contributed by atoms with van der Waals surface area (Å²) in [6.07, 6.45) is 2.71. The van der Waals surface area contributed by atoms with Gasteiger partial charge in [-0.25, -0.2) is 9.67 Å². The van der Waals surface area contributed by atoms with Gasteiger partial charge in [-0.2, -0.15) is 5.10 Å². The summed E-state index contributed by atoms with van der Waals surface area (Å²) >= 11 is 0. The van der Waals surface area contributed by atoms with Crippen LogP contribution < -0.4 is 10.1 Å². The molecule has 0 atom stereocenters. The molecule has 1 N–H and O–H groups in total. The quantitative estimate of drug-likeness (QED) is 0.772. The van der Waals surface area contributed by atoms with Crippen LogP contribution in [0.2, 0.25) is 0 Å². The number of aromatic nitrogens is 3. The monoisotopic (exact) mass is 260 g/mol. The lowest BCUT2D eigenvalue weighted by atomic mass is 10.2. The van der Waals surface area contributed by atoms with Crippen LogP contribution in [0.5, 0.6) is 5.75 Å². The lowest BCUT2D eigenvalue weighted by Crippen LogP contribution is -2.18. The van der Waals surface area contributed by atoms with Gasteiger partial charge in [0.2, 0.25) is 0 Å². The Morgan fingerprint density at radius 1 is 1.32 bits per heavy atom. The van der Waals surface area contributed by atoms with E-state index in [1.807, 2.05) is 28.9 Å². The van der Waals surface area contributed by atoms with Gasteiger partial charge < -0.3 is 10.1 Å². The molecule has 0 saturated carbocycles. The molecule has 102 valence electrons. The number of hydrogen-bond acceptors (Lipinski definition) is 4. The zero-order valence-electron chi connectivity index (χ0n) is 11.5. The standard InChI is InChI=1S/C14H20N4O/c1-3-8-15-9-14-16-11-17-18(14)10-12-6-4-5-7-13(12)19-2/h4-7,11,15H,3,8-10H2,1-2H3. The molecule has 0 fully saturated rings. The maximum absolute atomic E-state index is 5.36. The topological polar surface area (TPSA) is 52.0 Å². The molecule has 2 rings (SSSR count). The third-order valence-electron chi connectivity index (χ3n) is 2.92. The number of methoxy groups -OCH3 is 1. The van der Waals surface area contributed by atoms with Gasteiger partial charge in [0.1, 0.15) is 17.9 Å². The van der Waals surface area contributed by atoms with Crippen molar-refractivity contribution < 1.29 is 4.74 Å². The van der Waals surface area contributed by atoms with Crippen molar-refractivity contribution in [2.45, 2.75) is 26.4 Å². The van der Waals surface area contributed by atoms with Gasteiger partial charge in [0.25, 0.3) is 0 Å². The molecule has 0 aliphatic carbocycles. The second-order valence-electron chi connectivity index (χ2n) is 4.32. The molecule has 19 heavy (non-hydrogen) atoms. The minimum Gasteiger partial charge on any atom is -0.496 e.